The Morgan fingerprint density at radius 1 is 1.29 bits per heavy atom. The first kappa shape index (κ1) is 10.5. The summed E-state index contributed by atoms with van der Waals surface area (Å²) in [7, 11) is 0. The summed E-state index contributed by atoms with van der Waals surface area (Å²) in [6, 6.07) is 1.56. The average molecular weight is 362 g/mol. The summed E-state index contributed by atoms with van der Waals surface area (Å²) in [4.78, 5) is 15.4. The Morgan fingerprint density at radius 3 is 2.57 bits per heavy atom. The van der Waals surface area contributed by atoms with Gasteiger partial charge < -0.3 is 0 Å². The van der Waals surface area contributed by atoms with E-state index in [9.17, 15) is 4.79 Å². The van der Waals surface area contributed by atoms with Gasteiger partial charge in [0.05, 0.1) is 37.3 Å². The molecular formula is C6HBr2Cl2N3O. The van der Waals surface area contributed by atoms with Gasteiger partial charge in [0, 0.05) is 0 Å². The number of pyridine rings is 1. The van der Waals surface area contributed by atoms with E-state index in [1.54, 1.807) is 6.07 Å². The van der Waals surface area contributed by atoms with Crippen LogP contribution in [0.15, 0.2) is 10.9 Å². The van der Waals surface area contributed by atoms with E-state index in [1.165, 1.54) is 7.19 Å². The second-order valence-electron chi connectivity index (χ2n) is 2.45. The van der Waals surface area contributed by atoms with Crippen LogP contribution in [0.3, 0.4) is 0 Å². The third-order valence-corrected chi connectivity index (χ3v) is 3.62. The van der Waals surface area contributed by atoms with E-state index >= 15 is 0 Å². The van der Waals surface area contributed by atoms with Crippen molar-refractivity contribution in [1.82, 2.24) is 12.2 Å². The molecule has 0 aliphatic rings. The van der Waals surface area contributed by atoms with Gasteiger partial charge in [-0.2, -0.15) is 0 Å². The highest BCUT2D eigenvalue weighted by Crippen LogP contribution is 2.25. The van der Waals surface area contributed by atoms with Crippen molar-refractivity contribution >= 4 is 66.7 Å². The minimum atomic E-state index is -0.314. The van der Waals surface area contributed by atoms with E-state index in [4.69, 9.17) is 23.2 Å². The summed E-state index contributed by atoms with van der Waals surface area (Å²) >= 11 is 17.6. The van der Waals surface area contributed by atoms with Gasteiger partial charge >= 0.3 is 5.69 Å². The van der Waals surface area contributed by atoms with Crippen molar-refractivity contribution in [2.45, 2.75) is 0 Å². The maximum atomic E-state index is 11.4. The standard InChI is InChI=1S/C6HBr2Cl2N3O/c7-12-3-1-2(9)4(10)11-5(3)13(8)6(12)14/h1H. The molecule has 0 fully saturated rings. The van der Waals surface area contributed by atoms with Crippen LogP contribution < -0.4 is 5.69 Å². The molecule has 2 aromatic rings. The highest BCUT2D eigenvalue weighted by atomic mass is 79.9. The minimum Gasteiger partial charge on any atom is -0.246 e. The molecular weight excluding hydrogens is 361 g/mol. The lowest BCUT2D eigenvalue weighted by molar-refractivity contribution is 1.12. The van der Waals surface area contributed by atoms with Gasteiger partial charge in [-0.3, -0.25) is 0 Å². The van der Waals surface area contributed by atoms with E-state index in [0.717, 1.165) is 0 Å². The number of fused-ring (bicyclic) bond motifs is 1. The predicted octanol–water partition coefficient (Wildman–Crippen LogP) is 2.82. The highest BCUT2D eigenvalue weighted by molar-refractivity contribution is 9.08. The number of hydrogen-bond acceptors (Lipinski definition) is 2. The smallest absolute Gasteiger partial charge is 0.246 e. The average Bonchev–Trinajstić information content (AvgIpc) is 2.34. The maximum Gasteiger partial charge on any atom is 0.350 e. The zero-order chi connectivity index (χ0) is 10.5. The first-order chi connectivity index (χ1) is 6.52. The molecule has 0 atom stereocenters. The van der Waals surface area contributed by atoms with Crippen molar-refractivity contribution in [3.05, 3.63) is 26.7 Å². The van der Waals surface area contributed by atoms with E-state index in [1.807, 2.05) is 0 Å². The van der Waals surface area contributed by atoms with E-state index in [-0.39, 0.29) is 10.8 Å². The third-order valence-electron chi connectivity index (χ3n) is 1.63. The molecule has 2 aromatic heterocycles. The highest BCUT2D eigenvalue weighted by Gasteiger charge is 2.13. The third kappa shape index (κ3) is 1.41. The Kier molecular flexibility index (Phi) is 2.63. The van der Waals surface area contributed by atoms with Crippen LogP contribution in [0, 0.1) is 0 Å². The lowest BCUT2D eigenvalue weighted by Crippen LogP contribution is -2.12. The molecule has 0 bridgehead atoms. The van der Waals surface area contributed by atoms with Crippen LogP contribution in [-0.4, -0.2) is 12.2 Å². The molecule has 0 unspecified atom stereocenters. The number of nitrogens with zero attached hydrogens (tertiary/aromatic N) is 3. The summed E-state index contributed by atoms with van der Waals surface area (Å²) in [6.45, 7) is 0. The number of aromatic nitrogens is 3. The Bertz CT molecular complexity index is 528. The summed E-state index contributed by atoms with van der Waals surface area (Å²) in [5, 5.41) is 0.455. The Morgan fingerprint density at radius 2 is 1.93 bits per heavy atom. The van der Waals surface area contributed by atoms with Crippen LogP contribution in [0.2, 0.25) is 10.2 Å². The molecule has 74 valence electrons. The Balaban J connectivity index is 3.04. The van der Waals surface area contributed by atoms with Crippen molar-refractivity contribution in [3.8, 4) is 0 Å². The first-order valence-electron chi connectivity index (χ1n) is 3.34. The molecule has 2 heterocycles. The fraction of sp³-hybridized carbons (Fsp3) is 0. The minimum absolute atomic E-state index is 0.158. The summed E-state index contributed by atoms with van der Waals surface area (Å²) in [6.07, 6.45) is 0. The Hall–Kier alpha value is -0.0400. The van der Waals surface area contributed by atoms with Gasteiger partial charge in [0.1, 0.15) is 10.7 Å². The van der Waals surface area contributed by atoms with Gasteiger partial charge in [0.2, 0.25) is 0 Å². The largest absolute Gasteiger partial charge is 0.350 e. The SMILES string of the molecule is O=c1n(Br)c2cc(Cl)c(Cl)nc2n1Br. The van der Waals surface area contributed by atoms with Crippen molar-refractivity contribution in [2.24, 2.45) is 0 Å². The van der Waals surface area contributed by atoms with Gasteiger partial charge in [-0.05, 0) is 6.07 Å². The van der Waals surface area contributed by atoms with Crippen molar-refractivity contribution in [1.29, 1.82) is 0 Å². The predicted molar refractivity (Wildman–Crippen MR) is 62.7 cm³/mol. The summed E-state index contributed by atoms with van der Waals surface area (Å²) < 4.78 is 2.44. The molecule has 0 radical (unpaired) electrons. The monoisotopic (exact) mass is 359 g/mol. The van der Waals surface area contributed by atoms with Crippen LogP contribution in [0.25, 0.3) is 11.2 Å². The van der Waals surface area contributed by atoms with Crippen molar-refractivity contribution < 1.29 is 0 Å². The van der Waals surface area contributed by atoms with E-state index < -0.39 is 0 Å². The summed E-state index contributed by atoms with van der Waals surface area (Å²) in [5.74, 6) is 0. The topological polar surface area (TPSA) is 39.8 Å². The molecule has 0 N–H and O–H groups in total. The van der Waals surface area contributed by atoms with Gasteiger partial charge in [0.25, 0.3) is 0 Å². The van der Waals surface area contributed by atoms with E-state index in [0.29, 0.717) is 16.2 Å². The zero-order valence-corrected chi connectivity index (χ0v) is 11.0. The second kappa shape index (κ2) is 3.52. The molecule has 0 saturated carbocycles. The number of halogens is 4. The molecule has 0 aliphatic carbocycles. The zero-order valence-electron chi connectivity index (χ0n) is 6.34. The van der Waals surface area contributed by atoms with Crippen molar-refractivity contribution in [3.63, 3.8) is 0 Å². The number of rotatable bonds is 0. The maximum absolute atomic E-state index is 11.4. The molecule has 2 rings (SSSR count). The quantitative estimate of drug-likeness (QED) is 0.677. The van der Waals surface area contributed by atoms with E-state index in [2.05, 4.69) is 37.3 Å². The molecule has 0 aliphatic heterocycles. The lowest BCUT2D eigenvalue weighted by Gasteiger charge is -1.95. The van der Waals surface area contributed by atoms with Crippen LogP contribution in [0.4, 0.5) is 0 Å². The van der Waals surface area contributed by atoms with Crippen LogP contribution >= 0.6 is 55.5 Å². The van der Waals surface area contributed by atoms with Crippen LogP contribution in [0.1, 0.15) is 0 Å². The molecule has 0 amide bonds. The molecule has 0 spiro atoms. The first-order valence-corrected chi connectivity index (χ1v) is 5.51. The Labute approximate surface area is 105 Å². The second-order valence-corrected chi connectivity index (χ2v) is 4.63. The molecule has 4 nitrogen and oxygen atoms in total. The van der Waals surface area contributed by atoms with Gasteiger partial charge in [0.15, 0.2) is 5.65 Å². The van der Waals surface area contributed by atoms with Crippen molar-refractivity contribution in [2.75, 3.05) is 0 Å². The van der Waals surface area contributed by atoms with Gasteiger partial charge in [-0.1, -0.05) is 23.2 Å². The number of hydrogen-bond donors (Lipinski definition) is 0. The normalized spacial score (nSPS) is 11.1. The van der Waals surface area contributed by atoms with Crippen LogP contribution in [-0.2, 0) is 0 Å². The molecule has 8 heteroatoms. The molecule has 14 heavy (non-hydrogen) atoms. The fourth-order valence-corrected chi connectivity index (χ4v) is 2.34. The fourth-order valence-electron chi connectivity index (χ4n) is 1.01. The molecule has 0 aromatic carbocycles. The lowest BCUT2D eigenvalue weighted by atomic mass is 10.4. The van der Waals surface area contributed by atoms with Crippen LogP contribution in [0.5, 0.6) is 0 Å². The molecule has 0 saturated heterocycles. The number of imidazole rings is 1. The summed E-state index contributed by atoms with van der Waals surface area (Å²) in [5.41, 5.74) is 0.633. The van der Waals surface area contributed by atoms with Gasteiger partial charge in [-0.25, -0.2) is 17.0 Å². The van der Waals surface area contributed by atoms with Gasteiger partial charge in [-0.15, -0.1) is 0 Å².